The molecule has 0 saturated carbocycles. The summed E-state index contributed by atoms with van der Waals surface area (Å²) < 4.78 is 22.5. The zero-order chi connectivity index (χ0) is 14.4. The number of oxime groups is 1. The standard InChI is InChI=1S/C13H16N2O4S/c16-13(15-12-6-7-20(17,18)10-12)9-19-14-8-11-4-2-1-3-5-11/h1-5,8,12H,6-7,9-10H2,(H,15,16)/b14-8-/t12-/m0/s1. The van der Waals surface area contributed by atoms with E-state index in [2.05, 4.69) is 10.5 Å². The van der Waals surface area contributed by atoms with Crippen LogP contribution in [0.15, 0.2) is 35.5 Å². The molecule has 0 unspecified atom stereocenters. The number of rotatable bonds is 5. The molecule has 1 aliphatic heterocycles. The molecule has 1 amide bonds. The Hall–Kier alpha value is -1.89. The molecule has 0 aliphatic carbocycles. The van der Waals surface area contributed by atoms with Crippen LogP contribution in [0.2, 0.25) is 0 Å². The summed E-state index contributed by atoms with van der Waals surface area (Å²) >= 11 is 0. The number of nitrogens with one attached hydrogen (secondary N) is 1. The quantitative estimate of drug-likeness (QED) is 0.627. The molecule has 0 bridgehead atoms. The highest BCUT2D eigenvalue weighted by molar-refractivity contribution is 7.91. The number of carbonyl (C=O) groups is 1. The molecule has 2 rings (SSSR count). The second-order valence-electron chi connectivity index (χ2n) is 4.59. The molecular formula is C13H16N2O4S. The van der Waals surface area contributed by atoms with Crippen molar-refractivity contribution in [2.45, 2.75) is 12.5 Å². The number of amides is 1. The first-order valence-electron chi connectivity index (χ1n) is 6.25. The molecule has 20 heavy (non-hydrogen) atoms. The molecule has 1 atom stereocenters. The number of carbonyl (C=O) groups excluding carboxylic acids is 1. The topological polar surface area (TPSA) is 84.8 Å². The molecule has 1 aromatic carbocycles. The van der Waals surface area contributed by atoms with Gasteiger partial charge >= 0.3 is 0 Å². The number of sulfone groups is 1. The van der Waals surface area contributed by atoms with Crippen molar-refractivity contribution in [1.82, 2.24) is 5.32 Å². The van der Waals surface area contributed by atoms with Gasteiger partial charge < -0.3 is 10.2 Å². The van der Waals surface area contributed by atoms with Crippen LogP contribution in [0.1, 0.15) is 12.0 Å². The molecule has 1 saturated heterocycles. The van der Waals surface area contributed by atoms with E-state index < -0.39 is 9.84 Å². The van der Waals surface area contributed by atoms with Gasteiger partial charge in [-0.3, -0.25) is 4.79 Å². The Balaban J connectivity index is 1.70. The summed E-state index contributed by atoms with van der Waals surface area (Å²) in [6, 6.07) is 9.03. The number of benzene rings is 1. The Labute approximate surface area is 117 Å². The van der Waals surface area contributed by atoms with Crippen LogP contribution in [-0.2, 0) is 19.5 Å². The average Bonchev–Trinajstić information content (AvgIpc) is 2.75. The molecule has 0 radical (unpaired) electrons. The summed E-state index contributed by atoms with van der Waals surface area (Å²) in [5, 5.41) is 6.30. The molecule has 1 N–H and O–H groups in total. The summed E-state index contributed by atoms with van der Waals surface area (Å²) in [6.45, 7) is -0.222. The molecule has 6 nitrogen and oxygen atoms in total. The maximum Gasteiger partial charge on any atom is 0.261 e. The zero-order valence-electron chi connectivity index (χ0n) is 10.9. The van der Waals surface area contributed by atoms with Gasteiger partial charge in [0.05, 0.1) is 17.7 Å². The van der Waals surface area contributed by atoms with Crippen molar-refractivity contribution in [3.05, 3.63) is 35.9 Å². The third-order valence-corrected chi connectivity index (χ3v) is 4.64. The fourth-order valence-electron chi connectivity index (χ4n) is 1.91. The number of nitrogens with zero attached hydrogens (tertiary/aromatic N) is 1. The van der Waals surface area contributed by atoms with E-state index in [-0.39, 0.29) is 30.1 Å². The van der Waals surface area contributed by atoms with Gasteiger partial charge in [-0.2, -0.15) is 0 Å². The molecule has 1 aromatic rings. The van der Waals surface area contributed by atoms with Crippen LogP contribution in [0.4, 0.5) is 0 Å². The Kier molecular flexibility index (Phi) is 4.73. The van der Waals surface area contributed by atoms with E-state index in [4.69, 9.17) is 4.84 Å². The zero-order valence-corrected chi connectivity index (χ0v) is 11.7. The van der Waals surface area contributed by atoms with Crippen molar-refractivity contribution in [3.8, 4) is 0 Å². The van der Waals surface area contributed by atoms with Gasteiger partial charge in [-0.15, -0.1) is 0 Å². The van der Waals surface area contributed by atoms with E-state index in [0.29, 0.717) is 6.42 Å². The monoisotopic (exact) mass is 296 g/mol. The normalized spacial score (nSPS) is 20.9. The fourth-order valence-corrected chi connectivity index (χ4v) is 3.58. The summed E-state index contributed by atoms with van der Waals surface area (Å²) in [5.41, 5.74) is 0.870. The maximum absolute atomic E-state index is 11.5. The van der Waals surface area contributed by atoms with Crippen molar-refractivity contribution in [1.29, 1.82) is 0 Å². The number of hydrogen-bond donors (Lipinski definition) is 1. The molecule has 7 heteroatoms. The Morgan fingerprint density at radius 1 is 1.40 bits per heavy atom. The largest absolute Gasteiger partial charge is 0.386 e. The number of hydrogen-bond acceptors (Lipinski definition) is 5. The van der Waals surface area contributed by atoms with Crippen molar-refractivity contribution in [2.75, 3.05) is 18.1 Å². The van der Waals surface area contributed by atoms with Gasteiger partial charge in [-0.25, -0.2) is 8.42 Å². The molecule has 0 aromatic heterocycles. The SMILES string of the molecule is O=C(CO/N=C\c1ccccc1)N[C@H]1CCS(=O)(=O)C1. The first-order valence-corrected chi connectivity index (χ1v) is 8.07. The summed E-state index contributed by atoms with van der Waals surface area (Å²) in [6.07, 6.45) is 1.97. The summed E-state index contributed by atoms with van der Waals surface area (Å²) in [5.74, 6) is -0.228. The Morgan fingerprint density at radius 3 is 2.80 bits per heavy atom. The van der Waals surface area contributed by atoms with Gasteiger partial charge in [0, 0.05) is 6.04 Å². The van der Waals surface area contributed by atoms with Crippen molar-refractivity contribution >= 4 is 22.0 Å². The molecule has 1 fully saturated rings. The molecule has 1 aliphatic rings. The minimum absolute atomic E-state index is 0.00598. The highest BCUT2D eigenvalue weighted by Gasteiger charge is 2.28. The Bertz CT molecular complexity index is 584. The lowest BCUT2D eigenvalue weighted by molar-refractivity contribution is -0.126. The lowest BCUT2D eigenvalue weighted by Crippen LogP contribution is -2.37. The fraction of sp³-hybridized carbons (Fsp3) is 0.385. The lowest BCUT2D eigenvalue weighted by Gasteiger charge is -2.09. The van der Waals surface area contributed by atoms with Crippen LogP contribution in [0.5, 0.6) is 0 Å². The van der Waals surface area contributed by atoms with Crippen molar-refractivity contribution < 1.29 is 18.0 Å². The first kappa shape index (κ1) is 14.5. The minimum atomic E-state index is -2.99. The molecule has 0 spiro atoms. The van der Waals surface area contributed by atoms with Gasteiger partial charge in [-0.1, -0.05) is 35.5 Å². The highest BCUT2D eigenvalue weighted by Crippen LogP contribution is 2.10. The van der Waals surface area contributed by atoms with Gasteiger partial charge in [0.25, 0.3) is 5.91 Å². The van der Waals surface area contributed by atoms with Crippen molar-refractivity contribution in [2.24, 2.45) is 5.16 Å². The van der Waals surface area contributed by atoms with Gasteiger partial charge in [0.1, 0.15) is 0 Å². The third-order valence-electron chi connectivity index (χ3n) is 2.87. The van der Waals surface area contributed by atoms with E-state index in [1.54, 1.807) is 0 Å². The maximum atomic E-state index is 11.5. The minimum Gasteiger partial charge on any atom is -0.386 e. The van der Waals surface area contributed by atoms with Crippen LogP contribution in [0, 0.1) is 0 Å². The van der Waals surface area contributed by atoms with Crippen molar-refractivity contribution in [3.63, 3.8) is 0 Å². The predicted octanol–water partition coefficient (Wildman–Crippen LogP) is 0.340. The molecule has 108 valence electrons. The Morgan fingerprint density at radius 2 is 2.15 bits per heavy atom. The van der Waals surface area contributed by atoms with Gasteiger partial charge in [-0.05, 0) is 12.0 Å². The van der Waals surface area contributed by atoms with E-state index in [0.717, 1.165) is 5.56 Å². The van der Waals surface area contributed by atoms with Crippen LogP contribution in [0.3, 0.4) is 0 Å². The highest BCUT2D eigenvalue weighted by atomic mass is 32.2. The predicted molar refractivity (Wildman–Crippen MR) is 75.2 cm³/mol. The summed E-state index contributed by atoms with van der Waals surface area (Å²) in [7, 11) is -2.99. The average molecular weight is 296 g/mol. The van der Waals surface area contributed by atoms with Gasteiger partial charge in [0.2, 0.25) is 0 Å². The molecule has 1 heterocycles. The summed E-state index contributed by atoms with van der Waals surface area (Å²) in [4.78, 5) is 16.4. The second-order valence-corrected chi connectivity index (χ2v) is 6.81. The third kappa shape index (κ3) is 4.65. The van der Waals surface area contributed by atoms with E-state index in [1.165, 1.54) is 6.21 Å². The van der Waals surface area contributed by atoms with E-state index in [9.17, 15) is 13.2 Å². The van der Waals surface area contributed by atoms with Crippen LogP contribution in [0.25, 0.3) is 0 Å². The van der Waals surface area contributed by atoms with Crippen LogP contribution >= 0.6 is 0 Å². The van der Waals surface area contributed by atoms with E-state index >= 15 is 0 Å². The first-order chi connectivity index (χ1) is 9.55. The van der Waals surface area contributed by atoms with Crippen LogP contribution in [-0.4, -0.2) is 44.7 Å². The van der Waals surface area contributed by atoms with E-state index in [1.807, 2.05) is 30.3 Å². The van der Waals surface area contributed by atoms with Gasteiger partial charge in [0.15, 0.2) is 16.4 Å². The molecular weight excluding hydrogens is 280 g/mol. The smallest absolute Gasteiger partial charge is 0.261 e. The van der Waals surface area contributed by atoms with Crippen LogP contribution < -0.4 is 5.32 Å². The second kappa shape index (κ2) is 6.51. The lowest BCUT2D eigenvalue weighted by atomic mass is 10.2.